The largest absolute Gasteiger partial charge is 0.494 e. The lowest BCUT2D eigenvalue weighted by Gasteiger charge is -2.19. The Kier molecular flexibility index (Phi) is 6.99. The number of hydrogen-bond donors (Lipinski definition) is 2. The first-order chi connectivity index (χ1) is 12.8. The average Bonchev–Trinajstić information content (AvgIpc) is 2.63. The highest BCUT2D eigenvalue weighted by Crippen LogP contribution is 2.22. The molecule has 2 N–H and O–H groups in total. The minimum absolute atomic E-state index is 0.0315. The number of nitrogens with one attached hydrogen (secondary N) is 2. The molecule has 2 amide bonds. The summed E-state index contributed by atoms with van der Waals surface area (Å²) in [5.74, 6) is 0.213. The van der Waals surface area contributed by atoms with Gasteiger partial charge in [0, 0.05) is 12.0 Å². The fraction of sp³-hybridized carbons (Fsp3) is 0.364. The van der Waals surface area contributed by atoms with E-state index in [4.69, 9.17) is 4.74 Å². The predicted octanol–water partition coefficient (Wildman–Crippen LogP) is 3.91. The summed E-state index contributed by atoms with van der Waals surface area (Å²) in [5.41, 5.74) is 7.70. The number of aryl methyl sites for hydroxylation is 1. The normalized spacial score (nSPS) is 11.0. The molecule has 0 saturated heterocycles. The summed E-state index contributed by atoms with van der Waals surface area (Å²) in [5, 5.41) is 0. The van der Waals surface area contributed by atoms with Crippen molar-refractivity contribution in [1.29, 1.82) is 0 Å². The molecule has 0 spiro atoms. The molecule has 2 aromatic rings. The lowest BCUT2D eigenvalue weighted by atomic mass is 9.87. The number of hydrazine groups is 1. The number of carbonyl (C=O) groups is 2. The molecule has 0 aliphatic heterocycles. The second-order valence-corrected chi connectivity index (χ2v) is 7.60. The highest BCUT2D eigenvalue weighted by atomic mass is 16.5. The quantitative estimate of drug-likeness (QED) is 0.600. The van der Waals surface area contributed by atoms with Crippen LogP contribution in [0.15, 0.2) is 48.5 Å². The monoisotopic (exact) mass is 368 g/mol. The number of rotatable bonds is 6. The Morgan fingerprint density at radius 1 is 1.00 bits per heavy atom. The Hall–Kier alpha value is -2.82. The fourth-order valence-corrected chi connectivity index (χ4v) is 2.51. The Balaban J connectivity index is 1.69. The van der Waals surface area contributed by atoms with Crippen LogP contribution in [0.2, 0.25) is 0 Å². The third-order valence-electron chi connectivity index (χ3n) is 4.14. The van der Waals surface area contributed by atoms with Gasteiger partial charge in [-0.2, -0.15) is 0 Å². The molecule has 0 heterocycles. The molecule has 144 valence electrons. The fourth-order valence-electron chi connectivity index (χ4n) is 2.51. The van der Waals surface area contributed by atoms with Crippen molar-refractivity contribution in [3.8, 4) is 5.75 Å². The van der Waals surface area contributed by atoms with E-state index in [1.54, 1.807) is 12.1 Å². The van der Waals surface area contributed by atoms with Crippen LogP contribution in [0.4, 0.5) is 0 Å². The Morgan fingerprint density at radius 3 is 2.33 bits per heavy atom. The smallest absolute Gasteiger partial charge is 0.269 e. The number of carbonyl (C=O) groups excluding carboxylic acids is 2. The van der Waals surface area contributed by atoms with Gasteiger partial charge in [-0.15, -0.1) is 0 Å². The standard InChI is InChI=1S/C22H28N2O3/c1-16-7-5-8-19(15-16)27-14-6-9-20(25)23-24-21(26)17-10-12-18(13-11-17)22(2,3)4/h5,7-8,10-13,15H,6,9,14H2,1-4H3,(H,23,25)(H,24,26). The molecule has 0 bridgehead atoms. The highest BCUT2D eigenvalue weighted by Gasteiger charge is 2.14. The molecule has 0 saturated carbocycles. The van der Waals surface area contributed by atoms with E-state index in [0.29, 0.717) is 18.6 Å². The van der Waals surface area contributed by atoms with Crippen molar-refractivity contribution in [1.82, 2.24) is 10.9 Å². The number of hydrogen-bond acceptors (Lipinski definition) is 3. The zero-order valence-electron chi connectivity index (χ0n) is 16.5. The van der Waals surface area contributed by atoms with Crippen molar-refractivity contribution in [2.45, 2.75) is 46.0 Å². The van der Waals surface area contributed by atoms with Crippen LogP contribution >= 0.6 is 0 Å². The van der Waals surface area contributed by atoms with E-state index in [-0.39, 0.29) is 23.7 Å². The maximum atomic E-state index is 12.1. The summed E-state index contributed by atoms with van der Waals surface area (Å²) in [6.07, 6.45) is 0.838. The van der Waals surface area contributed by atoms with E-state index in [0.717, 1.165) is 16.9 Å². The van der Waals surface area contributed by atoms with Gasteiger partial charge in [-0.1, -0.05) is 45.0 Å². The minimum Gasteiger partial charge on any atom is -0.494 e. The van der Waals surface area contributed by atoms with Crippen LogP contribution in [-0.2, 0) is 10.2 Å². The lowest BCUT2D eigenvalue weighted by Crippen LogP contribution is -2.41. The summed E-state index contributed by atoms with van der Waals surface area (Å²) in [6, 6.07) is 15.2. The van der Waals surface area contributed by atoms with E-state index < -0.39 is 0 Å². The SMILES string of the molecule is Cc1cccc(OCCCC(=O)NNC(=O)c2ccc(C(C)(C)C)cc2)c1. The summed E-state index contributed by atoms with van der Waals surface area (Å²) in [4.78, 5) is 24.0. The number of ether oxygens (including phenoxy) is 1. The van der Waals surface area contributed by atoms with Crippen molar-refractivity contribution >= 4 is 11.8 Å². The first-order valence-corrected chi connectivity index (χ1v) is 9.15. The van der Waals surface area contributed by atoms with Gasteiger partial charge in [-0.25, -0.2) is 0 Å². The van der Waals surface area contributed by atoms with Crippen molar-refractivity contribution in [3.63, 3.8) is 0 Å². The van der Waals surface area contributed by atoms with E-state index in [1.165, 1.54) is 0 Å². The van der Waals surface area contributed by atoms with Gasteiger partial charge in [0.2, 0.25) is 5.91 Å². The van der Waals surface area contributed by atoms with Crippen LogP contribution in [0.3, 0.4) is 0 Å². The zero-order valence-corrected chi connectivity index (χ0v) is 16.5. The molecule has 0 aliphatic carbocycles. The first-order valence-electron chi connectivity index (χ1n) is 9.15. The summed E-state index contributed by atoms with van der Waals surface area (Å²) < 4.78 is 5.60. The molecule has 0 atom stereocenters. The van der Waals surface area contributed by atoms with Crippen molar-refractivity contribution in [2.24, 2.45) is 0 Å². The predicted molar refractivity (Wildman–Crippen MR) is 107 cm³/mol. The number of benzene rings is 2. The third-order valence-corrected chi connectivity index (χ3v) is 4.14. The van der Waals surface area contributed by atoms with Gasteiger partial charge in [0.25, 0.3) is 5.91 Å². The topological polar surface area (TPSA) is 67.4 Å². The van der Waals surface area contributed by atoms with Gasteiger partial charge in [0.05, 0.1) is 6.61 Å². The van der Waals surface area contributed by atoms with Crippen LogP contribution < -0.4 is 15.6 Å². The van der Waals surface area contributed by atoms with E-state index in [9.17, 15) is 9.59 Å². The van der Waals surface area contributed by atoms with Gasteiger partial charge in [0.15, 0.2) is 0 Å². The molecule has 2 rings (SSSR count). The maximum Gasteiger partial charge on any atom is 0.269 e. The molecule has 0 unspecified atom stereocenters. The number of amides is 2. The zero-order chi connectivity index (χ0) is 19.9. The second-order valence-electron chi connectivity index (χ2n) is 7.60. The van der Waals surface area contributed by atoms with Crippen LogP contribution in [0.25, 0.3) is 0 Å². The molecular weight excluding hydrogens is 340 g/mol. The lowest BCUT2D eigenvalue weighted by molar-refractivity contribution is -0.122. The molecule has 0 fully saturated rings. The van der Waals surface area contributed by atoms with Crippen molar-refractivity contribution < 1.29 is 14.3 Å². The molecule has 0 aliphatic rings. The molecule has 0 radical (unpaired) electrons. The Labute approximate surface area is 161 Å². The van der Waals surface area contributed by atoms with E-state index >= 15 is 0 Å². The van der Waals surface area contributed by atoms with Crippen LogP contribution in [-0.4, -0.2) is 18.4 Å². The molecule has 5 nitrogen and oxygen atoms in total. The molecule has 27 heavy (non-hydrogen) atoms. The minimum atomic E-state index is -0.334. The van der Waals surface area contributed by atoms with E-state index in [2.05, 4.69) is 31.6 Å². The van der Waals surface area contributed by atoms with Crippen LogP contribution in [0.1, 0.15) is 55.1 Å². The van der Waals surface area contributed by atoms with Crippen molar-refractivity contribution in [2.75, 3.05) is 6.61 Å². The summed E-state index contributed by atoms with van der Waals surface area (Å²) >= 11 is 0. The second kappa shape index (κ2) is 9.21. The molecule has 5 heteroatoms. The van der Waals surface area contributed by atoms with Gasteiger partial charge in [0.1, 0.15) is 5.75 Å². The van der Waals surface area contributed by atoms with Crippen LogP contribution in [0.5, 0.6) is 5.75 Å². The van der Waals surface area contributed by atoms with Gasteiger partial charge < -0.3 is 4.74 Å². The first kappa shape index (κ1) is 20.5. The average molecular weight is 368 g/mol. The van der Waals surface area contributed by atoms with Gasteiger partial charge in [-0.05, 0) is 54.2 Å². The molecule has 0 aromatic heterocycles. The molecule has 2 aromatic carbocycles. The summed E-state index contributed by atoms with van der Waals surface area (Å²) in [6.45, 7) is 8.79. The summed E-state index contributed by atoms with van der Waals surface area (Å²) in [7, 11) is 0. The maximum absolute atomic E-state index is 12.1. The van der Waals surface area contributed by atoms with Gasteiger partial charge in [-0.3, -0.25) is 20.4 Å². The van der Waals surface area contributed by atoms with Gasteiger partial charge >= 0.3 is 0 Å². The van der Waals surface area contributed by atoms with Crippen LogP contribution in [0, 0.1) is 6.92 Å². The third kappa shape index (κ3) is 6.77. The highest BCUT2D eigenvalue weighted by molar-refractivity contribution is 5.95. The Morgan fingerprint density at radius 2 is 1.70 bits per heavy atom. The van der Waals surface area contributed by atoms with E-state index in [1.807, 2.05) is 43.3 Å². The Bertz CT molecular complexity index is 777. The van der Waals surface area contributed by atoms with Crippen molar-refractivity contribution in [3.05, 3.63) is 65.2 Å². The molecular formula is C22H28N2O3.